The van der Waals surface area contributed by atoms with E-state index < -0.39 is 77.6 Å². The highest BCUT2D eigenvalue weighted by atomic mass is 32.1. The lowest BCUT2D eigenvalue weighted by atomic mass is 10.00. The van der Waals surface area contributed by atoms with Gasteiger partial charge in [-0.1, -0.05) is 60.7 Å². The number of fused-ring (bicyclic) bond motifs is 2. The van der Waals surface area contributed by atoms with Crippen LogP contribution in [0, 0.1) is 0 Å². The highest BCUT2D eigenvalue weighted by Gasteiger charge is 2.33. The number of aromatic nitrogens is 1. The highest BCUT2D eigenvalue weighted by Crippen LogP contribution is 2.20. The lowest BCUT2D eigenvalue weighted by Gasteiger charge is -2.27. The van der Waals surface area contributed by atoms with Crippen LogP contribution in [0.15, 0.2) is 77.9 Å². The van der Waals surface area contributed by atoms with Gasteiger partial charge in [0.1, 0.15) is 36.3 Å². The maximum atomic E-state index is 14.3. The number of carbonyl (C=O) groups excluding carboxylic acids is 7. The second-order valence-corrected chi connectivity index (χ2v) is 15.1. The Morgan fingerprint density at radius 2 is 1.23 bits per heavy atom. The number of hydrogen-bond acceptors (Lipinski definition) is 10. The molecular formula is C41H53N11O7S2. The number of aliphatic imine (C=N–C) groups is 1. The Hall–Kier alpha value is -6.28. The zero-order chi connectivity index (χ0) is 44.6. The minimum Gasteiger partial charge on any atom is -0.370 e. The fourth-order valence-corrected chi connectivity index (χ4v) is 6.98. The van der Waals surface area contributed by atoms with Crippen LogP contribution in [0.2, 0.25) is 0 Å². The molecule has 6 atom stereocenters. The van der Waals surface area contributed by atoms with Gasteiger partial charge in [-0.25, -0.2) is 0 Å². The Balaban J connectivity index is 1.64. The van der Waals surface area contributed by atoms with Crippen LogP contribution in [0.25, 0.3) is 21.7 Å². The summed E-state index contributed by atoms with van der Waals surface area (Å²) >= 11 is 8.26. The summed E-state index contributed by atoms with van der Waals surface area (Å²) in [6.07, 6.45) is 1.87. The van der Waals surface area contributed by atoms with E-state index in [1.165, 1.54) is 13.8 Å². The van der Waals surface area contributed by atoms with Gasteiger partial charge in [0.25, 0.3) is 0 Å². The van der Waals surface area contributed by atoms with Gasteiger partial charge in [-0.3, -0.25) is 38.6 Å². The van der Waals surface area contributed by atoms with Crippen LogP contribution in [-0.2, 0) is 46.4 Å². The Morgan fingerprint density at radius 3 is 1.89 bits per heavy atom. The number of guanidine groups is 1. The number of rotatable bonds is 22. The van der Waals surface area contributed by atoms with Crippen molar-refractivity contribution in [1.82, 2.24) is 36.9 Å². The van der Waals surface area contributed by atoms with Gasteiger partial charge in [0.2, 0.25) is 41.4 Å². The van der Waals surface area contributed by atoms with Crippen molar-refractivity contribution < 1.29 is 33.6 Å². The number of aromatic amines is 1. The maximum Gasteiger partial charge on any atom is 0.244 e. The highest BCUT2D eigenvalue weighted by molar-refractivity contribution is 7.80. The quantitative estimate of drug-likeness (QED) is 0.0209. The van der Waals surface area contributed by atoms with Crippen molar-refractivity contribution >= 4 is 94.2 Å². The molecule has 4 rings (SSSR count). The summed E-state index contributed by atoms with van der Waals surface area (Å²) in [6, 6.07) is 13.3. The molecular weight excluding hydrogens is 823 g/mol. The van der Waals surface area contributed by atoms with E-state index in [9.17, 15) is 33.6 Å². The molecule has 13 N–H and O–H groups in total. The molecule has 0 aliphatic heterocycles. The van der Waals surface area contributed by atoms with Crippen molar-refractivity contribution in [2.75, 3.05) is 18.1 Å². The van der Waals surface area contributed by atoms with E-state index in [2.05, 4.69) is 67.1 Å². The number of amides is 7. The van der Waals surface area contributed by atoms with Crippen LogP contribution < -0.4 is 49.1 Å². The topological polar surface area (TPSA) is 298 Å². The molecule has 0 saturated carbocycles. The van der Waals surface area contributed by atoms with Crippen LogP contribution >= 0.6 is 25.3 Å². The molecule has 0 aliphatic rings. The average molecular weight is 876 g/mol. The van der Waals surface area contributed by atoms with Gasteiger partial charge in [-0.2, -0.15) is 25.3 Å². The predicted octanol–water partition coefficient (Wildman–Crippen LogP) is -0.547. The number of nitrogens with one attached hydrogen (secondary N) is 7. The first-order valence-corrected chi connectivity index (χ1v) is 20.7. The Bertz CT molecular complexity index is 2250. The summed E-state index contributed by atoms with van der Waals surface area (Å²) in [4.78, 5) is 99.7. The molecule has 0 radical (unpaired) electrons. The lowest BCUT2D eigenvalue weighted by molar-refractivity contribution is -0.135. The Morgan fingerprint density at radius 1 is 0.656 bits per heavy atom. The number of H-pyrrole nitrogens is 1. The largest absolute Gasteiger partial charge is 0.370 e. The van der Waals surface area contributed by atoms with E-state index in [0.29, 0.717) is 11.1 Å². The van der Waals surface area contributed by atoms with Crippen molar-refractivity contribution in [3.8, 4) is 0 Å². The number of nitrogens with zero attached hydrogens (tertiary/aromatic N) is 1. The van der Waals surface area contributed by atoms with Gasteiger partial charge >= 0.3 is 0 Å². The van der Waals surface area contributed by atoms with Crippen LogP contribution in [0.4, 0.5) is 0 Å². The first kappa shape index (κ1) is 47.4. The molecule has 7 amide bonds. The van der Waals surface area contributed by atoms with Crippen LogP contribution in [0.5, 0.6) is 0 Å². The van der Waals surface area contributed by atoms with Crippen molar-refractivity contribution in [2.45, 2.75) is 75.8 Å². The van der Waals surface area contributed by atoms with Crippen molar-refractivity contribution in [3.63, 3.8) is 0 Å². The van der Waals surface area contributed by atoms with Crippen molar-refractivity contribution in [2.24, 2.45) is 22.2 Å². The monoisotopic (exact) mass is 875 g/mol. The summed E-state index contributed by atoms with van der Waals surface area (Å²) < 4.78 is 0. The van der Waals surface area contributed by atoms with E-state index in [-0.39, 0.29) is 49.7 Å². The molecule has 18 nitrogen and oxygen atoms in total. The van der Waals surface area contributed by atoms with Gasteiger partial charge in [-0.05, 0) is 47.7 Å². The second-order valence-electron chi connectivity index (χ2n) is 14.4. The first-order valence-electron chi connectivity index (χ1n) is 19.5. The van der Waals surface area contributed by atoms with Gasteiger partial charge in [-0.15, -0.1) is 0 Å². The number of nitrogens with two attached hydrogens (primary N) is 3. The number of thiol groups is 2. The number of primary amides is 1. The van der Waals surface area contributed by atoms with Crippen LogP contribution in [0.3, 0.4) is 0 Å². The Kier molecular flexibility index (Phi) is 17.8. The molecule has 4 aromatic rings. The van der Waals surface area contributed by atoms with Crippen molar-refractivity contribution in [3.05, 3.63) is 84.1 Å². The summed E-state index contributed by atoms with van der Waals surface area (Å²) in [7, 11) is 0. The summed E-state index contributed by atoms with van der Waals surface area (Å²) in [6.45, 7) is 2.76. The van der Waals surface area contributed by atoms with Gasteiger partial charge in [0, 0.05) is 54.9 Å². The smallest absolute Gasteiger partial charge is 0.244 e. The number of para-hydroxylation sites is 1. The standard InChI is InChI=1S/C41H53N11O7S2/c1-22(47-40(59)34(21-61)48-23(2)53)36(55)50-31(17-24-13-14-25-8-3-4-9-26(25)16-24)38(57)49-30(12-7-15-45-41(43)44)37(56)51-32(39(58)52-33(20-60)35(42)54)18-27-19-46-29-11-6-5-10-28(27)29/h3-6,8-11,13-14,16,19,22,30-34,46,60-61H,7,12,15,17-18,20-21H2,1-2H3,(H2,42,54)(H,47,59)(H,48,53)(H,49,57)(H,50,55)(H,51,56)(H,52,58)(H4,43,44,45)/t22-,30-,31+,32-,33-,34-/m0/s1. The molecule has 3 aromatic carbocycles. The third-order valence-electron chi connectivity index (χ3n) is 9.67. The van der Waals surface area contributed by atoms with Gasteiger partial charge < -0.3 is 54.1 Å². The van der Waals surface area contributed by atoms with Gasteiger partial charge in [0.15, 0.2) is 5.96 Å². The predicted molar refractivity (Wildman–Crippen MR) is 239 cm³/mol. The summed E-state index contributed by atoms with van der Waals surface area (Å²) in [5.41, 5.74) is 18.7. The van der Waals surface area contributed by atoms with E-state index in [1.807, 2.05) is 66.7 Å². The molecule has 0 spiro atoms. The normalized spacial score (nSPS) is 14.0. The number of benzene rings is 3. The molecule has 1 aromatic heterocycles. The zero-order valence-electron chi connectivity index (χ0n) is 33.8. The minimum atomic E-state index is -1.29. The van der Waals surface area contributed by atoms with E-state index in [4.69, 9.17) is 17.2 Å². The lowest BCUT2D eigenvalue weighted by Crippen LogP contribution is -2.60. The number of hydrogen-bond donors (Lipinski definition) is 12. The Labute approximate surface area is 363 Å². The fraction of sp³-hybridized carbons (Fsp3) is 0.366. The molecule has 0 saturated heterocycles. The van der Waals surface area contributed by atoms with E-state index >= 15 is 0 Å². The average Bonchev–Trinajstić information content (AvgIpc) is 3.64. The number of carbonyl (C=O) groups is 7. The molecule has 0 aliphatic carbocycles. The van der Waals surface area contributed by atoms with Crippen molar-refractivity contribution in [1.29, 1.82) is 0 Å². The molecule has 61 heavy (non-hydrogen) atoms. The molecule has 326 valence electrons. The maximum absolute atomic E-state index is 14.3. The minimum absolute atomic E-state index is 0.00626. The third-order valence-corrected chi connectivity index (χ3v) is 10.4. The second kappa shape index (κ2) is 22.9. The molecule has 0 fully saturated rings. The molecule has 20 heteroatoms. The summed E-state index contributed by atoms with van der Waals surface area (Å²) in [5.74, 6) is -5.23. The van der Waals surface area contributed by atoms with Gasteiger partial charge in [0.05, 0.1) is 0 Å². The van der Waals surface area contributed by atoms with E-state index in [1.54, 1.807) is 6.20 Å². The molecule has 0 bridgehead atoms. The summed E-state index contributed by atoms with van der Waals surface area (Å²) in [5, 5.41) is 18.4. The van der Waals surface area contributed by atoms with Crippen LogP contribution in [-0.4, -0.2) is 107 Å². The fourth-order valence-electron chi connectivity index (χ4n) is 6.45. The SMILES string of the molecule is CC(=O)N[C@@H](CS)C(=O)N[C@@H](C)C(=O)N[C@H](Cc1ccc2ccccc2c1)C(=O)N[C@@H](CCCN=C(N)N)C(=O)N[C@@H](Cc1c[nH]c2ccccc12)C(=O)N[C@@H](CS)C(N)=O. The van der Waals surface area contributed by atoms with E-state index in [0.717, 1.165) is 21.7 Å². The van der Waals surface area contributed by atoms with Crippen LogP contribution in [0.1, 0.15) is 37.8 Å². The first-order chi connectivity index (χ1) is 29.1. The third kappa shape index (κ3) is 14.2. The molecule has 0 unspecified atom stereocenters. The zero-order valence-corrected chi connectivity index (χ0v) is 35.6. The molecule has 1 heterocycles.